The Morgan fingerprint density at radius 2 is 1.50 bits per heavy atom. The van der Waals surface area contributed by atoms with Crippen molar-refractivity contribution in [1.29, 1.82) is 0 Å². The molecule has 3 nitrogen and oxygen atoms in total. The first kappa shape index (κ1) is 12.7. The molecule has 0 saturated heterocycles. The van der Waals surface area contributed by atoms with Crippen LogP contribution in [0.2, 0.25) is 0 Å². The van der Waals surface area contributed by atoms with Gasteiger partial charge in [0.2, 0.25) is 0 Å². The molecule has 0 N–H and O–H groups in total. The second-order valence-corrected chi connectivity index (χ2v) is 5.59. The van der Waals surface area contributed by atoms with Crippen molar-refractivity contribution in [1.82, 2.24) is 15.2 Å². The highest BCUT2D eigenvalue weighted by Gasteiger charge is 2.40. The lowest BCUT2D eigenvalue weighted by molar-refractivity contribution is 0.293. The fourth-order valence-electron chi connectivity index (χ4n) is 2.08. The normalized spacial score (nSPS) is 12.4. The molecule has 0 bridgehead atoms. The van der Waals surface area contributed by atoms with Crippen molar-refractivity contribution in [3.05, 3.63) is 54.1 Å². The molecule has 0 aliphatic carbocycles. The zero-order chi connectivity index (χ0) is 13.2. The van der Waals surface area contributed by atoms with E-state index < -0.39 is 0 Å². The lowest BCUT2D eigenvalue weighted by atomic mass is 9.62. The number of hydrogen-bond donors (Lipinski definition) is 0. The van der Waals surface area contributed by atoms with Crippen LogP contribution in [0.4, 0.5) is 0 Å². The third kappa shape index (κ3) is 2.01. The molecular formula is C15H19N3. The smallest absolute Gasteiger partial charge is 0.0695 e. The van der Waals surface area contributed by atoms with E-state index in [1.54, 1.807) is 6.20 Å². The van der Waals surface area contributed by atoms with E-state index in [2.05, 4.69) is 55.0 Å². The van der Waals surface area contributed by atoms with E-state index in [-0.39, 0.29) is 10.8 Å². The zero-order valence-electron chi connectivity index (χ0n) is 11.4. The van der Waals surface area contributed by atoms with Crippen molar-refractivity contribution in [2.24, 2.45) is 0 Å². The molecule has 0 amide bonds. The molecule has 0 aromatic carbocycles. The van der Waals surface area contributed by atoms with Crippen molar-refractivity contribution < 1.29 is 0 Å². The Kier molecular flexibility index (Phi) is 3.16. The minimum Gasteiger partial charge on any atom is -0.265 e. The maximum atomic E-state index is 4.28. The molecule has 0 radical (unpaired) electrons. The SMILES string of the molecule is CC(C)(c1ccncc1)C(C)(C)c1cccnn1. The fourth-order valence-corrected chi connectivity index (χ4v) is 2.08. The van der Waals surface area contributed by atoms with Crippen molar-refractivity contribution in [3.63, 3.8) is 0 Å². The van der Waals surface area contributed by atoms with Crippen LogP contribution in [0.5, 0.6) is 0 Å². The number of nitrogens with zero attached hydrogens (tertiary/aromatic N) is 3. The highest BCUT2D eigenvalue weighted by atomic mass is 15.1. The molecule has 0 atom stereocenters. The average molecular weight is 241 g/mol. The molecule has 2 aromatic heterocycles. The summed E-state index contributed by atoms with van der Waals surface area (Å²) in [6.07, 6.45) is 5.38. The van der Waals surface area contributed by atoms with Crippen molar-refractivity contribution in [2.45, 2.75) is 38.5 Å². The van der Waals surface area contributed by atoms with Crippen LogP contribution in [0, 0.1) is 0 Å². The molecule has 0 unspecified atom stereocenters. The third-order valence-electron chi connectivity index (χ3n) is 4.18. The second kappa shape index (κ2) is 4.48. The Labute approximate surface area is 108 Å². The molecule has 0 saturated carbocycles. The molecule has 18 heavy (non-hydrogen) atoms. The van der Waals surface area contributed by atoms with Crippen LogP contribution >= 0.6 is 0 Å². The van der Waals surface area contributed by atoms with Crippen LogP contribution in [-0.4, -0.2) is 15.2 Å². The van der Waals surface area contributed by atoms with Gasteiger partial charge in [-0.1, -0.05) is 27.7 Å². The van der Waals surface area contributed by atoms with Crippen LogP contribution in [0.1, 0.15) is 39.0 Å². The van der Waals surface area contributed by atoms with E-state index in [0.717, 1.165) is 5.69 Å². The quantitative estimate of drug-likeness (QED) is 0.828. The highest BCUT2D eigenvalue weighted by molar-refractivity contribution is 5.31. The van der Waals surface area contributed by atoms with Gasteiger partial charge in [0.05, 0.1) is 5.69 Å². The predicted molar refractivity (Wildman–Crippen MR) is 72.3 cm³/mol. The summed E-state index contributed by atoms with van der Waals surface area (Å²) in [7, 11) is 0. The van der Waals surface area contributed by atoms with Gasteiger partial charge in [0.25, 0.3) is 0 Å². The van der Waals surface area contributed by atoms with Gasteiger partial charge < -0.3 is 0 Å². The first-order chi connectivity index (χ1) is 8.46. The first-order valence-corrected chi connectivity index (χ1v) is 6.15. The van der Waals surface area contributed by atoms with Crippen molar-refractivity contribution in [2.75, 3.05) is 0 Å². The summed E-state index contributed by atoms with van der Waals surface area (Å²) in [4.78, 5) is 4.09. The maximum Gasteiger partial charge on any atom is 0.0695 e. The first-order valence-electron chi connectivity index (χ1n) is 6.15. The second-order valence-electron chi connectivity index (χ2n) is 5.59. The number of pyridine rings is 1. The Hall–Kier alpha value is -1.77. The third-order valence-corrected chi connectivity index (χ3v) is 4.18. The average Bonchev–Trinajstić information content (AvgIpc) is 2.40. The van der Waals surface area contributed by atoms with Gasteiger partial charge >= 0.3 is 0 Å². The van der Waals surface area contributed by atoms with Crippen LogP contribution in [-0.2, 0) is 10.8 Å². The molecule has 2 heterocycles. The van der Waals surface area contributed by atoms with Crippen LogP contribution in [0.25, 0.3) is 0 Å². The summed E-state index contributed by atoms with van der Waals surface area (Å²) in [5, 5.41) is 8.27. The van der Waals surface area contributed by atoms with Crippen LogP contribution in [0.3, 0.4) is 0 Å². The van der Waals surface area contributed by atoms with Gasteiger partial charge in [0.15, 0.2) is 0 Å². The summed E-state index contributed by atoms with van der Waals surface area (Å²) >= 11 is 0. The molecule has 3 heteroatoms. The minimum atomic E-state index is -0.109. The van der Waals surface area contributed by atoms with E-state index in [0.29, 0.717) is 0 Å². The van der Waals surface area contributed by atoms with Gasteiger partial charge in [-0.3, -0.25) is 4.98 Å². The molecule has 0 spiro atoms. The van der Waals surface area contributed by atoms with Gasteiger partial charge in [0, 0.05) is 29.4 Å². The maximum absolute atomic E-state index is 4.28. The van der Waals surface area contributed by atoms with Gasteiger partial charge in [0.1, 0.15) is 0 Å². The Morgan fingerprint density at radius 1 is 0.833 bits per heavy atom. The Balaban J connectivity index is 2.47. The lowest BCUT2D eigenvalue weighted by Gasteiger charge is -2.41. The predicted octanol–water partition coefficient (Wildman–Crippen LogP) is 3.13. The molecular weight excluding hydrogens is 222 g/mol. The summed E-state index contributed by atoms with van der Waals surface area (Å²) in [5.74, 6) is 0. The molecule has 0 fully saturated rings. The summed E-state index contributed by atoms with van der Waals surface area (Å²) < 4.78 is 0. The van der Waals surface area contributed by atoms with Crippen molar-refractivity contribution >= 4 is 0 Å². The van der Waals surface area contributed by atoms with E-state index in [9.17, 15) is 0 Å². The molecule has 0 aliphatic heterocycles. The number of aromatic nitrogens is 3. The van der Waals surface area contributed by atoms with Crippen molar-refractivity contribution in [3.8, 4) is 0 Å². The van der Waals surface area contributed by atoms with Crippen LogP contribution < -0.4 is 0 Å². The van der Waals surface area contributed by atoms with E-state index in [4.69, 9.17) is 0 Å². The minimum absolute atomic E-state index is 0.0496. The summed E-state index contributed by atoms with van der Waals surface area (Å²) in [5.41, 5.74) is 2.11. The monoisotopic (exact) mass is 241 g/mol. The van der Waals surface area contributed by atoms with Crippen LogP contribution in [0.15, 0.2) is 42.9 Å². The summed E-state index contributed by atoms with van der Waals surface area (Å²) in [6, 6.07) is 8.11. The van der Waals surface area contributed by atoms with Gasteiger partial charge in [-0.25, -0.2) is 0 Å². The zero-order valence-corrected chi connectivity index (χ0v) is 11.4. The Bertz CT molecular complexity index is 454. The molecule has 2 rings (SSSR count). The summed E-state index contributed by atoms with van der Waals surface area (Å²) in [6.45, 7) is 8.88. The molecule has 94 valence electrons. The topological polar surface area (TPSA) is 38.7 Å². The lowest BCUT2D eigenvalue weighted by Crippen LogP contribution is -2.41. The van der Waals surface area contributed by atoms with E-state index in [1.807, 2.05) is 24.5 Å². The Morgan fingerprint density at radius 3 is 2.06 bits per heavy atom. The van der Waals surface area contributed by atoms with E-state index in [1.165, 1.54) is 5.56 Å². The number of hydrogen-bond acceptors (Lipinski definition) is 3. The molecule has 0 aliphatic rings. The van der Waals surface area contributed by atoms with E-state index >= 15 is 0 Å². The van der Waals surface area contributed by atoms with Gasteiger partial charge in [-0.2, -0.15) is 10.2 Å². The standard InChI is InChI=1S/C15H19N3/c1-14(2,12-7-10-16-11-8-12)15(3,4)13-6-5-9-17-18-13/h5-11H,1-4H3. The molecule has 2 aromatic rings. The fraction of sp³-hybridized carbons (Fsp3) is 0.400. The van der Waals surface area contributed by atoms with Gasteiger partial charge in [-0.15, -0.1) is 0 Å². The highest BCUT2D eigenvalue weighted by Crippen LogP contribution is 2.42. The number of rotatable bonds is 3. The van der Waals surface area contributed by atoms with Gasteiger partial charge in [-0.05, 0) is 29.8 Å². The largest absolute Gasteiger partial charge is 0.265 e.